The number of rotatable bonds is 7. The van der Waals surface area contributed by atoms with Gasteiger partial charge in [-0.25, -0.2) is 0 Å². The molecule has 2 aliphatic heterocycles. The second-order valence-corrected chi connectivity index (χ2v) is 9.04. The first-order chi connectivity index (χ1) is 16.7. The first-order valence-electron chi connectivity index (χ1n) is 11.6. The Morgan fingerprint density at radius 3 is 2.62 bits per heavy atom. The van der Waals surface area contributed by atoms with E-state index >= 15 is 0 Å². The molecule has 0 radical (unpaired) electrons. The molecular weight excluding hydrogens is 452 g/mol. The number of fused-ring (bicyclic) bond motifs is 3. The zero-order chi connectivity index (χ0) is 23.5. The monoisotopic (exact) mass is 480 g/mol. The van der Waals surface area contributed by atoms with Gasteiger partial charge in [-0.2, -0.15) is 0 Å². The van der Waals surface area contributed by atoms with Crippen LogP contribution in [0.15, 0.2) is 42.5 Å². The third kappa shape index (κ3) is 4.43. The summed E-state index contributed by atoms with van der Waals surface area (Å²) >= 11 is 1.48. The van der Waals surface area contributed by atoms with Crippen molar-refractivity contribution in [2.75, 3.05) is 49.7 Å². The van der Waals surface area contributed by atoms with Gasteiger partial charge in [-0.15, -0.1) is 11.3 Å². The molecule has 2 aliphatic rings. The Labute approximate surface area is 203 Å². The molecule has 1 N–H and O–H groups in total. The molecule has 34 heavy (non-hydrogen) atoms. The van der Waals surface area contributed by atoms with Crippen molar-refractivity contribution >= 4 is 28.6 Å². The van der Waals surface area contributed by atoms with Crippen LogP contribution in [0, 0.1) is 0 Å². The van der Waals surface area contributed by atoms with Crippen LogP contribution in [0.25, 0.3) is 10.4 Å². The molecule has 1 saturated heterocycles. The number of amides is 1. The maximum absolute atomic E-state index is 13.3. The zero-order valence-electron chi connectivity index (χ0n) is 19.4. The quantitative estimate of drug-likeness (QED) is 0.502. The molecule has 0 bridgehead atoms. The smallest absolute Gasteiger partial charge is 0.265 e. The summed E-state index contributed by atoms with van der Waals surface area (Å²) < 4.78 is 23.2. The maximum Gasteiger partial charge on any atom is 0.265 e. The summed E-state index contributed by atoms with van der Waals surface area (Å²) in [6.45, 7) is 8.26. The Morgan fingerprint density at radius 1 is 1.06 bits per heavy atom. The molecule has 0 aliphatic carbocycles. The van der Waals surface area contributed by atoms with Crippen LogP contribution in [0.3, 0.4) is 0 Å². The van der Waals surface area contributed by atoms with Gasteiger partial charge in [0.05, 0.1) is 42.7 Å². The Hall–Kier alpha value is -3.23. The van der Waals surface area contributed by atoms with Gasteiger partial charge in [0.2, 0.25) is 0 Å². The van der Waals surface area contributed by atoms with E-state index in [0.717, 1.165) is 46.3 Å². The van der Waals surface area contributed by atoms with E-state index in [9.17, 15) is 4.79 Å². The molecule has 1 aromatic heterocycles. The first kappa shape index (κ1) is 22.6. The lowest BCUT2D eigenvalue weighted by Crippen LogP contribution is -2.36. The third-order valence-corrected chi connectivity index (χ3v) is 7.02. The lowest BCUT2D eigenvalue weighted by molar-refractivity contribution is 0.103. The highest BCUT2D eigenvalue weighted by Gasteiger charge is 2.24. The fourth-order valence-electron chi connectivity index (χ4n) is 4.24. The number of hydrogen-bond acceptors (Lipinski definition) is 7. The van der Waals surface area contributed by atoms with Crippen molar-refractivity contribution in [1.29, 1.82) is 0 Å². The van der Waals surface area contributed by atoms with Crippen LogP contribution in [0.4, 0.5) is 11.4 Å². The Bertz CT molecular complexity index is 1190. The highest BCUT2D eigenvalue weighted by atomic mass is 32.1. The lowest BCUT2D eigenvalue weighted by atomic mass is 10.1. The second kappa shape index (κ2) is 9.95. The summed E-state index contributed by atoms with van der Waals surface area (Å²) in [7, 11) is 0. The van der Waals surface area contributed by atoms with E-state index in [0.29, 0.717) is 49.3 Å². The van der Waals surface area contributed by atoms with E-state index in [-0.39, 0.29) is 5.91 Å². The lowest BCUT2D eigenvalue weighted by Gasteiger charge is -2.31. The van der Waals surface area contributed by atoms with Crippen molar-refractivity contribution in [2.45, 2.75) is 20.5 Å². The average molecular weight is 481 g/mol. The first-order valence-corrected chi connectivity index (χ1v) is 12.4. The number of morpholine rings is 1. The molecule has 8 heteroatoms. The number of benzene rings is 2. The number of carbonyl (C=O) groups excluding carboxylic acids is 1. The van der Waals surface area contributed by atoms with E-state index in [1.54, 1.807) is 0 Å². The van der Waals surface area contributed by atoms with Crippen molar-refractivity contribution in [2.24, 2.45) is 0 Å². The molecule has 7 nitrogen and oxygen atoms in total. The number of thiophene rings is 1. The molecule has 1 amide bonds. The third-order valence-electron chi connectivity index (χ3n) is 5.81. The van der Waals surface area contributed by atoms with Crippen LogP contribution < -0.4 is 24.4 Å². The summed E-state index contributed by atoms with van der Waals surface area (Å²) in [4.78, 5) is 17.2. The minimum Gasteiger partial charge on any atom is -0.492 e. The normalized spacial score (nSPS) is 14.6. The SMILES string of the molecule is CCOc1cc(N2CCOCC2)c(OCC)cc1NC(=O)c1cc2c(s1)-c1ccccc1OC2. The standard InChI is InChI=1S/C26H28N2O5S/c1-3-31-22-15-20(28-9-11-30-12-10-28)23(32-4-2)14-19(22)27-26(29)24-13-17-16-33-21-8-6-5-7-18(21)25(17)34-24/h5-8,13-15H,3-4,9-12,16H2,1-2H3,(H,27,29). The number of nitrogens with zero attached hydrogens (tertiary/aromatic N) is 1. The van der Waals surface area contributed by atoms with E-state index in [2.05, 4.69) is 10.2 Å². The number of ether oxygens (including phenoxy) is 4. The highest BCUT2D eigenvalue weighted by Crippen LogP contribution is 2.43. The molecule has 3 heterocycles. The number of anilines is 2. The van der Waals surface area contributed by atoms with Crippen LogP contribution in [-0.4, -0.2) is 45.4 Å². The molecule has 2 aromatic carbocycles. The summed E-state index contributed by atoms with van der Waals surface area (Å²) in [5, 5.41) is 3.06. The molecule has 0 unspecified atom stereocenters. The maximum atomic E-state index is 13.3. The van der Waals surface area contributed by atoms with E-state index in [1.165, 1.54) is 11.3 Å². The fraction of sp³-hybridized carbons (Fsp3) is 0.346. The minimum absolute atomic E-state index is 0.181. The second-order valence-electron chi connectivity index (χ2n) is 7.99. The van der Waals surface area contributed by atoms with Crippen LogP contribution in [0.2, 0.25) is 0 Å². The van der Waals surface area contributed by atoms with Gasteiger partial charge < -0.3 is 29.2 Å². The minimum atomic E-state index is -0.181. The molecule has 5 rings (SSSR count). The zero-order valence-corrected chi connectivity index (χ0v) is 20.2. The predicted octanol–water partition coefficient (Wildman–Crippen LogP) is 5.19. The fourth-order valence-corrected chi connectivity index (χ4v) is 5.33. The number of para-hydroxylation sites is 1. The summed E-state index contributed by atoms with van der Waals surface area (Å²) in [5.74, 6) is 2.01. The topological polar surface area (TPSA) is 69.3 Å². The highest BCUT2D eigenvalue weighted by molar-refractivity contribution is 7.17. The van der Waals surface area contributed by atoms with Crippen LogP contribution in [-0.2, 0) is 11.3 Å². The number of nitrogens with one attached hydrogen (secondary N) is 1. The van der Waals surface area contributed by atoms with Gasteiger partial charge in [-0.1, -0.05) is 12.1 Å². The molecule has 0 saturated carbocycles. The van der Waals surface area contributed by atoms with Gasteiger partial charge in [-0.3, -0.25) is 4.79 Å². The Balaban J connectivity index is 1.45. The average Bonchev–Trinajstić information content (AvgIpc) is 3.31. The Kier molecular flexibility index (Phi) is 6.60. The van der Waals surface area contributed by atoms with Crippen molar-refractivity contribution in [3.63, 3.8) is 0 Å². The Morgan fingerprint density at radius 2 is 1.82 bits per heavy atom. The van der Waals surface area contributed by atoms with E-state index in [4.69, 9.17) is 18.9 Å². The molecule has 0 atom stereocenters. The van der Waals surface area contributed by atoms with E-state index < -0.39 is 0 Å². The van der Waals surface area contributed by atoms with Gasteiger partial charge in [0.1, 0.15) is 23.9 Å². The van der Waals surface area contributed by atoms with Gasteiger partial charge in [-0.05, 0) is 32.0 Å². The summed E-state index contributed by atoms with van der Waals surface area (Å²) in [5.41, 5.74) is 3.59. The van der Waals surface area contributed by atoms with Crippen molar-refractivity contribution in [3.8, 4) is 27.7 Å². The van der Waals surface area contributed by atoms with Gasteiger partial charge >= 0.3 is 0 Å². The van der Waals surface area contributed by atoms with Crippen molar-refractivity contribution in [3.05, 3.63) is 52.9 Å². The number of carbonyl (C=O) groups is 1. The molecule has 0 spiro atoms. The summed E-state index contributed by atoms with van der Waals surface area (Å²) in [6, 6.07) is 13.7. The van der Waals surface area contributed by atoms with Gasteiger partial charge in [0.15, 0.2) is 0 Å². The summed E-state index contributed by atoms with van der Waals surface area (Å²) in [6.07, 6.45) is 0. The number of hydrogen-bond donors (Lipinski definition) is 1. The van der Waals surface area contributed by atoms with E-state index in [1.807, 2.05) is 56.3 Å². The van der Waals surface area contributed by atoms with Gasteiger partial charge in [0, 0.05) is 41.2 Å². The molecular formula is C26H28N2O5S. The van der Waals surface area contributed by atoms with Crippen LogP contribution in [0.5, 0.6) is 17.2 Å². The van der Waals surface area contributed by atoms with Crippen molar-refractivity contribution < 1.29 is 23.7 Å². The molecule has 178 valence electrons. The van der Waals surface area contributed by atoms with Gasteiger partial charge in [0.25, 0.3) is 5.91 Å². The van der Waals surface area contributed by atoms with Crippen LogP contribution >= 0.6 is 11.3 Å². The predicted molar refractivity (Wildman–Crippen MR) is 134 cm³/mol. The molecule has 3 aromatic rings. The molecule has 1 fully saturated rings. The van der Waals surface area contributed by atoms with Crippen molar-refractivity contribution in [1.82, 2.24) is 0 Å². The van der Waals surface area contributed by atoms with Crippen LogP contribution in [0.1, 0.15) is 29.1 Å². The largest absolute Gasteiger partial charge is 0.492 e.